The van der Waals surface area contributed by atoms with Crippen molar-refractivity contribution >= 4 is 17.4 Å². The molecule has 1 heterocycles. The quantitative estimate of drug-likeness (QED) is 0.593. The molecule has 16 heavy (non-hydrogen) atoms. The van der Waals surface area contributed by atoms with Gasteiger partial charge in [-0.3, -0.25) is 9.69 Å². The zero-order valence-corrected chi connectivity index (χ0v) is 10.0. The monoisotopic (exact) mass is 237 g/mol. The van der Waals surface area contributed by atoms with Gasteiger partial charge >= 0.3 is 0 Å². The average Bonchev–Trinajstić information content (AvgIpc) is 2.82. The average molecular weight is 238 g/mol. The molecule has 2 rings (SSSR count). The number of Topliss-reactive ketones (excluding diaryl/α,β-unsaturated/α-hetero) is 1. The largest absolute Gasteiger partial charge is 0.296 e. The normalized spacial score (nSPS) is 16.6. The number of hydrogen-bond donors (Lipinski definition) is 0. The standard InChI is InChI=1S/C13H16ClNO/c14-9-11-3-5-12(6-4-11)13(16)10-15-7-1-2-8-15/h3-6H,1-2,7-10H2. The third-order valence-corrected chi connectivity index (χ3v) is 3.30. The number of alkyl halides is 1. The highest BCUT2D eigenvalue weighted by molar-refractivity contribution is 6.17. The van der Waals surface area contributed by atoms with Gasteiger partial charge in [0.2, 0.25) is 0 Å². The van der Waals surface area contributed by atoms with Crippen LogP contribution in [-0.4, -0.2) is 30.3 Å². The molecule has 0 aromatic heterocycles. The zero-order valence-electron chi connectivity index (χ0n) is 9.29. The molecule has 0 spiro atoms. The van der Waals surface area contributed by atoms with E-state index in [0.29, 0.717) is 12.4 Å². The Bertz CT molecular complexity index is 355. The molecule has 2 nitrogen and oxygen atoms in total. The first kappa shape index (κ1) is 11.6. The lowest BCUT2D eigenvalue weighted by atomic mass is 10.1. The van der Waals surface area contributed by atoms with Gasteiger partial charge < -0.3 is 0 Å². The van der Waals surface area contributed by atoms with Crippen LogP contribution in [0.2, 0.25) is 0 Å². The van der Waals surface area contributed by atoms with E-state index in [1.165, 1.54) is 12.8 Å². The topological polar surface area (TPSA) is 20.3 Å². The van der Waals surface area contributed by atoms with E-state index in [1.54, 1.807) is 0 Å². The van der Waals surface area contributed by atoms with Gasteiger partial charge in [0.15, 0.2) is 5.78 Å². The highest BCUT2D eigenvalue weighted by Crippen LogP contribution is 2.11. The maximum Gasteiger partial charge on any atom is 0.176 e. The molecular formula is C13H16ClNO. The first-order chi connectivity index (χ1) is 7.79. The van der Waals surface area contributed by atoms with Crippen molar-refractivity contribution in [1.29, 1.82) is 0 Å². The van der Waals surface area contributed by atoms with Crippen LogP contribution in [0.1, 0.15) is 28.8 Å². The summed E-state index contributed by atoms with van der Waals surface area (Å²) in [5.41, 5.74) is 1.85. The molecule has 1 aromatic carbocycles. The van der Waals surface area contributed by atoms with E-state index in [1.807, 2.05) is 24.3 Å². The lowest BCUT2D eigenvalue weighted by Crippen LogP contribution is -2.26. The van der Waals surface area contributed by atoms with Gasteiger partial charge in [0, 0.05) is 11.4 Å². The van der Waals surface area contributed by atoms with Crippen molar-refractivity contribution in [1.82, 2.24) is 4.90 Å². The molecule has 0 bridgehead atoms. The second-order valence-corrected chi connectivity index (χ2v) is 4.50. The maximum absolute atomic E-state index is 11.9. The third kappa shape index (κ3) is 2.83. The van der Waals surface area contributed by atoms with E-state index in [0.717, 1.165) is 24.2 Å². The van der Waals surface area contributed by atoms with Gasteiger partial charge in [0.1, 0.15) is 0 Å². The number of benzene rings is 1. The van der Waals surface area contributed by atoms with Crippen LogP contribution in [0.15, 0.2) is 24.3 Å². The van der Waals surface area contributed by atoms with Crippen LogP contribution < -0.4 is 0 Å². The fourth-order valence-electron chi connectivity index (χ4n) is 2.01. The molecule has 1 saturated heterocycles. The number of likely N-dealkylation sites (tertiary alicyclic amines) is 1. The first-order valence-electron chi connectivity index (χ1n) is 5.70. The predicted octanol–water partition coefficient (Wildman–Crippen LogP) is 2.70. The number of ketones is 1. The Hall–Kier alpha value is -0.860. The Balaban J connectivity index is 1.97. The van der Waals surface area contributed by atoms with Crippen LogP contribution in [0.3, 0.4) is 0 Å². The minimum atomic E-state index is 0.211. The highest BCUT2D eigenvalue weighted by atomic mass is 35.5. The van der Waals surface area contributed by atoms with E-state index in [-0.39, 0.29) is 5.78 Å². The number of carbonyl (C=O) groups excluding carboxylic acids is 1. The molecule has 1 fully saturated rings. The van der Waals surface area contributed by atoms with E-state index < -0.39 is 0 Å². The third-order valence-electron chi connectivity index (χ3n) is 3.00. The summed E-state index contributed by atoms with van der Waals surface area (Å²) < 4.78 is 0. The molecule has 0 aliphatic carbocycles. The predicted molar refractivity (Wildman–Crippen MR) is 66.0 cm³/mol. The Morgan fingerprint density at radius 1 is 1.19 bits per heavy atom. The Labute approximate surface area is 101 Å². The van der Waals surface area contributed by atoms with E-state index >= 15 is 0 Å². The van der Waals surface area contributed by atoms with E-state index in [4.69, 9.17) is 11.6 Å². The zero-order chi connectivity index (χ0) is 11.4. The van der Waals surface area contributed by atoms with Crippen LogP contribution in [0.25, 0.3) is 0 Å². The van der Waals surface area contributed by atoms with Crippen molar-refractivity contribution in [3.8, 4) is 0 Å². The molecule has 0 amide bonds. The van der Waals surface area contributed by atoms with Crippen LogP contribution in [0.5, 0.6) is 0 Å². The van der Waals surface area contributed by atoms with Crippen molar-refractivity contribution in [3.63, 3.8) is 0 Å². The number of nitrogens with zero attached hydrogens (tertiary/aromatic N) is 1. The van der Waals surface area contributed by atoms with Crippen LogP contribution in [0.4, 0.5) is 0 Å². The van der Waals surface area contributed by atoms with E-state index in [9.17, 15) is 4.79 Å². The fraction of sp³-hybridized carbons (Fsp3) is 0.462. The molecule has 86 valence electrons. The second kappa shape index (κ2) is 5.46. The SMILES string of the molecule is O=C(CN1CCCC1)c1ccc(CCl)cc1. The van der Waals surface area contributed by atoms with Crippen molar-refractivity contribution < 1.29 is 4.79 Å². The van der Waals surface area contributed by atoms with Gasteiger partial charge in [0.05, 0.1) is 6.54 Å². The summed E-state index contributed by atoms with van der Waals surface area (Å²) in [5, 5.41) is 0. The van der Waals surface area contributed by atoms with Crippen molar-refractivity contribution in [3.05, 3.63) is 35.4 Å². The van der Waals surface area contributed by atoms with E-state index in [2.05, 4.69) is 4.90 Å². The summed E-state index contributed by atoms with van der Waals surface area (Å²) in [7, 11) is 0. The van der Waals surface area contributed by atoms with Gasteiger partial charge in [-0.15, -0.1) is 11.6 Å². The lowest BCUT2D eigenvalue weighted by Gasteiger charge is -2.13. The summed E-state index contributed by atoms with van der Waals surface area (Å²) in [6.45, 7) is 2.68. The molecule has 0 radical (unpaired) electrons. The first-order valence-corrected chi connectivity index (χ1v) is 6.23. The van der Waals surface area contributed by atoms with Gasteiger partial charge in [-0.1, -0.05) is 24.3 Å². The summed E-state index contributed by atoms with van der Waals surface area (Å²) in [5.74, 6) is 0.712. The number of carbonyl (C=O) groups is 1. The molecule has 1 aliphatic heterocycles. The van der Waals surface area contributed by atoms with Crippen LogP contribution in [-0.2, 0) is 5.88 Å². The summed E-state index contributed by atoms with van der Waals surface area (Å²) in [4.78, 5) is 14.1. The molecule has 0 unspecified atom stereocenters. The Kier molecular flexibility index (Phi) is 3.97. The summed E-state index contributed by atoms with van der Waals surface area (Å²) in [6, 6.07) is 7.58. The second-order valence-electron chi connectivity index (χ2n) is 4.24. The molecule has 0 N–H and O–H groups in total. The number of rotatable bonds is 4. The smallest absolute Gasteiger partial charge is 0.176 e. The van der Waals surface area contributed by atoms with Crippen molar-refractivity contribution in [2.75, 3.05) is 19.6 Å². The lowest BCUT2D eigenvalue weighted by molar-refractivity contribution is 0.0945. The summed E-state index contributed by atoms with van der Waals surface area (Å²) >= 11 is 5.70. The van der Waals surface area contributed by atoms with Crippen molar-refractivity contribution in [2.45, 2.75) is 18.7 Å². The maximum atomic E-state index is 11.9. The highest BCUT2D eigenvalue weighted by Gasteiger charge is 2.15. The number of halogens is 1. The molecule has 3 heteroatoms. The minimum absolute atomic E-state index is 0.211. The molecular weight excluding hydrogens is 222 g/mol. The van der Waals surface area contributed by atoms with Crippen molar-refractivity contribution in [2.24, 2.45) is 0 Å². The van der Waals surface area contributed by atoms with Gasteiger partial charge in [0.25, 0.3) is 0 Å². The Morgan fingerprint density at radius 2 is 1.81 bits per heavy atom. The summed E-state index contributed by atoms with van der Waals surface area (Å²) in [6.07, 6.45) is 2.44. The minimum Gasteiger partial charge on any atom is -0.296 e. The molecule has 1 aromatic rings. The molecule has 1 aliphatic rings. The van der Waals surface area contributed by atoms with Gasteiger partial charge in [-0.25, -0.2) is 0 Å². The van der Waals surface area contributed by atoms with Gasteiger partial charge in [-0.05, 0) is 31.5 Å². The fourth-order valence-corrected chi connectivity index (χ4v) is 2.19. The molecule has 0 saturated carbocycles. The van der Waals surface area contributed by atoms with Crippen LogP contribution >= 0.6 is 11.6 Å². The van der Waals surface area contributed by atoms with Crippen LogP contribution in [0, 0.1) is 0 Å². The number of hydrogen-bond acceptors (Lipinski definition) is 2. The Morgan fingerprint density at radius 3 is 2.38 bits per heavy atom. The molecule has 0 atom stereocenters. The van der Waals surface area contributed by atoms with Gasteiger partial charge in [-0.2, -0.15) is 0 Å².